The average molecular weight is 161 g/mol. The molecule has 0 fully saturated rings. The summed E-state index contributed by atoms with van der Waals surface area (Å²) < 4.78 is 0. The summed E-state index contributed by atoms with van der Waals surface area (Å²) in [6.07, 6.45) is -0.717. The number of hydrogen-bond donors (Lipinski definition) is 2. The van der Waals surface area contributed by atoms with Gasteiger partial charge in [-0.05, 0) is 12.1 Å². The lowest BCUT2D eigenvalue weighted by Gasteiger charge is -1.94. The summed E-state index contributed by atoms with van der Waals surface area (Å²) in [5, 5.41) is 9.02. The molecule has 0 radical (unpaired) electrons. The molecule has 0 aromatic heterocycles. The van der Waals surface area contributed by atoms with Gasteiger partial charge >= 0.3 is 0 Å². The van der Waals surface area contributed by atoms with Crippen molar-refractivity contribution in [3.05, 3.63) is 35.9 Å². The number of aliphatic hydroxyl groups excluding tert-OH is 1. The first kappa shape index (κ1) is 8.79. The van der Waals surface area contributed by atoms with Gasteiger partial charge in [0.25, 0.3) is 0 Å². The van der Waals surface area contributed by atoms with Crippen LogP contribution < -0.4 is 5.73 Å². The second-order valence-corrected chi connectivity index (χ2v) is 2.39. The average Bonchev–Trinajstić information content (AvgIpc) is 2.16. The molecule has 12 heavy (non-hydrogen) atoms. The van der Waals surface area contributed by atoms with E-state index in [1.807, 2.05) is 30.3 Å². The Balaban J connectivity index is 2.67. The third-order valence-corrected chi connectivity index (χ3v) is 1.38. The summed E-state index contributed by atoms with van der Waals surface area (Å²) in [6.45, 7) is 0.180. The van der Waals surface area contributed by atoms with Crippen LogP contribution in [0.25, 0.3) is 0 Å². The van der Waals surface area contributed by atoms with Crippen LogP contribution in [0.5, 0.6) is 0 Å². The van der Waals surface area contributed by atoms with Crippen LogP contribution in [0.15, 0.2) is 30.3 Å². The van der Waals surface area contributed by atoms with Gasteiger partial charge in [0.05, 0.1) is 0 Å². The molecule has 0 spiro atoms. The van der Waals surface area contributed by atoms with Gasteiger partial charge in [-0.2, -0.15) is 0 Å². The van der Waals surface area contributed by atoms with E-state index < -0.39 is 6.10 Å². The van der Waals surface area contributed by atoms with Gasteiger partial charge < -0.3 is 10.8 Å². The van der Waals surface area contributed by atoms with Crippen molar-refractivity contribution in [2.45, 2.75) is 6.10 Å². The molecule has 0 bridgehead atoms. The normalized spacial score (nSPS) is 11.5. The quantitative estimate of drug-likeness (QED) is 0.584. The minimum Gasteiger partial charge on any atom is -0.379 e. The van der Waals surface area contributed by atoms with Crippen LogP contribution in [0, 0.1) is 11.8 Å². The largest absolute Gasteiger partial charge is 0.379 e. The maximum absolute atomic E-state index is 9.02. The van der Waals surface area contributed by atoms with Gasteiger partial charge in [-0.3, -0.25) is 0 Å². The van der Waals surface area contributed by atoms with E-state index in [9.17, 15) is 0 Å². The van der Waals surface area contributed by atoms with E-state index in [2.05, 4.69) is 11.8 Å². The fourth-order valence-corrected chi connectivity index (χ4v) is 0.747. The molecule has 0 aliphatic rings. The summed E-state index contributed by atoms with van der Waals surface area (Å²) in [7, 11) is 0. The SMILES string of the molecule is NCC(O)C#Cc1ccccc1. The number of aliphatic hydroxyl groups is 1. The highest BCUT2D eigenvalue weighted by Crippen LogP contribution is 1.94. The molecule has 3 N–H and O–H groups in total. The lowest BCUT2D eigenvalue weighted by Crippen LogP contribution is -2.17. The zero-order chi connectivity index (χ0) is 8.81. The second kappa shape index (κ2) is 4.55. The van der Waals surface area contributed by atoms with Gasteiger partial charge in [0.15, 0.2) is 0 Å². The molecule has 2 nitrogen and oxygen atoms in total. The third kappa shape index (κ3) is 2.75. The Morgan fingerprint density at radius 3 is 2.58 bits per heavy atom. The molecule has 0 saturated carbocycles. The van der Waals surface area contributed by atoms with Gasteiger partial charge in [-0.1, -0.05) is 30.0 Å². The van der Waals surface area contributed by atoms with Crippen LogP contribution in [0.2, 0.25) is 0 Å². The van der Waals surface area contributed by atoms with E-state index in [4.69, 9.17) is 10.8 Å². The smallest absolute Gasteiger partial charge is 0.127 e. The predicted octanol–water partition coefficient (Wildman–Crippen LogP) is 0.358. The maximum Gasteiger partial charge on any atom is 0.127 e. The Morgan fingerprint density at radius 2 is 2.00 bits per heavy atom. The monoisotopic (exact) mass is 161 g/mol. The van der Waals surface area contributed by atoms with Crippen LogP contribution >= 0.6 is 0 Å². The lowest BCUT2D eigenvalue weighted by atomic mass is 10.2. The van der Waals surface area contributed by atoms with Gasteiger partial charge in [0, 0.05) is 12.1 Å². The first-order valence-corrected chi connectivity index (χ1v) is 3.77. The highest BCUT2D eigenvalue weighted by Gasteiger charge is 1.90. The lowest BCUT2D eigenvalue weighted by molar-refractivity contribution is 0.241. The first-order valence-electron chi connectivity index (χ1n) is 3.77. The van der Waals surface area contributed by atoms with E-state index in [0.29, 0.717) is 0 Å². The minimum atomic E-state index is -0.717. The van der Waals surface area contributed by atoms with Crippen molar-refractivity contribution in [1.29, 1.82) is 0 Å². The van der Waals surface area contributed by atoms with Gasteiger partial charge in [0.2, 0.25) is 0 Å². The molecule has 0 aliphatic carbocycles. The van der Waals surface area contributed by atoms with Crippen LogP contribution in [0.3, 0.4) is 0 Å². The fourth-order valence-electron chi connectivity index (χ4n) is 0.747. The Morgan fingerprint density at radius 1 is 1.33 bits per heavy atom. The molecule has 1 rings (SSSR count). The second-order valence-electron chi connectivity index (χ2n) is 2.39. The molecule has 2 heteroatoms. The van der Waals surface area contributed by atoms with Crippen molar-refractivity contribution in [2.75, 3.05) is 6.54 Å². The molecule has 1 aromatic carbocycles. The van der Waals surface area contributed by atoms with Crippen molar-refractivity contribution in [2.24, 2.45) is 5.73 Å². The summed E-state index contributed by atoms with van der Waals surface area (Å²) >= 11 is 0. The van der Waals surface area contributed by atoms with Crippen molar-refractivity contribution < 1.29 is 5.11 Å². The van der Waals surface area contributed by atoms with Gasteiger partial charge in [-0.25, -0.2) is 0 Å². The van der Waals surface area contributed by atoms with Crippen LogP contribution in [0.4, 0.5) is 0 Å². The maximum atomic E-state index is 9.02. The molecule has 1 unspecified atom stereocenters. The zero-order valence-corrected chi connectivity index (χ0v) is 6.70. The van der Waals surface area contributed by atoms with Crippen LogP contribution in [0.1, 0.15) is 5.56 Å². The highest BCUT2D eigenvalue weighted by molar-refractivity contribution is 5.34. The Kier molecular flexibility index (Phi) is 3.34. The van der Waals surface area contributed by atoms with E-state index in [1.54, 1.807) is 0 Å². The van der Waals surface area contributed by atoms with Crippen molar-refractivity contribution >= 4 is 0 Å². The number of hydrogen-bond acceptors (Lipinski definition) is 2. The van der Waals surface area contributed by atoms with Crippen LogP contribution in [-0.2, 0) is 0 Å². The molecular weight excluding hydrogens is 150 g/mol. The summed E-state index contributed by atoms with van der Waals surface area (Å²) in [5.74, 6) is 5.44. The third-order valence-electron chi connectivity index (χ3n) is 1.38. The van der Waals surface area contributed by atoms with Gasteiger partial charge in [0.1, 0.15) is 6.10 Å². The van der Waals surface area contributed by atoms with E-state index >= 15 is 0 Å². The summed E-state index contributed by atoms with van der Waals surface area (Å²) in [4.78, 5) is 0. The Labute approximate surface area is 72.0 Å². The molecular formula is C10H11NO. The minimum absolute atomic E-state index is 0.180. The Hall–Kier alpha value is -1.30. The molecule has 1 atom stereocenters. The zero-order valence-electron chi connectivity index (χ0n) is 6.70. The topological polar surface area (TPSA) is 46.2 Å². The fraction of sp³-hybridized carbons (Fsp3) is 0.200. The molecule has 0 amide bonds. The first-order chi connectivity index (χ1) is 5.83. The summed E-state index contributed by atoms with van der Waals surface area (Å²) in [5.41, 5.74) is 6.08. The molecule has 0 heterocycles. The van der Waals surface area contributed by atoms with Crippen molar-refractivity contribution in [1.82, 2.24) is 0 Å². The molecule has 62 valence electrons. The number of nitrogens with two attached hydrogens (primary N) is 1. The van der Waals surface area contributed by atoms with E-state index in [0.717, 1.165) is 5.56 Å². The molecule has 0 saturated heterocycles. The number of rotatable bonds is 1. The highest BCUT2D eigenvalue weighted by atomic mass is 16.3. The molecule has 1 aromatic rings. The molecule has 0 aliphatic heterocycles. The van der Waals surface area contributed by atoms with Crippen molar-refractivity contribution in [3.63, 3.8) is 0 Å². The van der Waals surface area contributed by atoms with E-state index in [-0.39, 0.29) is 6.54 Å². The standard InChI is InChI=1S/C10H11NO/c11-8-10(12)7-6-9-4-2-1-3-5-9/h1-5,10,12H,8,11H2. The van der Waals surface area contributed by atoms with E-state index in [1.165, 1.54) is 0 Å². The number of benzene rings is 1. The van der Waals surface area contributed by atoms with Crippen molar-refractivity contribution in [3.8, 4) is 11.8 Å². The Bertz CT molecular complexity index is 284. The summed E-state index contributed by atoms with van der Waals surface area (Å²) in [6, 6.07) is 9.49. The van der Waals surface area contributed by atoms with Crippen LogP contribution in [-0.4, -0.2) is 17.8 Å². The predicted molar refractivity (Wildman–Crippen MR) is 48.4 cm³/mol. The van der Waals surface area contributed by atoms with Gasteiger partial charge in [-0.15, -0.1) is 0 Å².